The monoisotopic (exact) mass is 392 g/mol. The smallest absolute Gasteiger partial charge is 0.291 e. The van der Waals surface area contributed by atoms with E-state index in [0.29, 0.717) is 11.4 Å². The Morgan fingerprint density at radius 1 is 1.07 bits per heavy atom. The summed E-state index contributed by atoms with van der Waals surface area (Å²) in [5.74, 6) is 0.148. The van der Waals surface area contributed by atoms with Crippen LogP contribution in [0.15, 0.2) is 71.3 Å². The predicted octanol–water partition coefficient (Wildman–Crippen LogP) is 4.49. The summed E-state index contributed by atoms with van der Waals surface area (Å²) in [4.78, 5) is 24.4. The molecular formula is C23H24N2O4. The molecule has 0 saturated carbocycles. The van der Waals surface area contributed by atoms with Gasteiger partial charge in [0.25, 0.3) is 11.8 Å². The Balaban J connectivity index is 1.54. The van der Waals surface area contributed by atoms with Crippen LogP contribution in [-0.2, 0) is 4.79 Å². The van der Waals surface area contributed by atoms with Crippen LogP contribution in [0.4, 0.5) is 5.69 Å². The van der Waals surface area contributed by atoms with Gasteiger partial charge in [-0.15, -0.1) is 0 Å². The molecule has 0 spiro atoms. The molecule has 0 aliphatic rings. The highest BCUT2D eigenvalue weighted by Crippen LogP contribution is 2.19. The van der Waals surface area contributed by atoms with E-state index >= 15 is 0 Å². The van der Waals surface area contributed by atoms with Gasteiger partial charge in [-0.3, -0.25) is 9.59 Å². The molecule has 0 radical (unpaired) electrons. The van der Waals surface area contributed by atoms with Crippen LogP contribution >= 0.6 is 0 Å². The van der Waals surface area contributed by atoms with Crippen molar-refractivity contribution in [2.75, 3.05) is 11.9 Å². The maximum Gasteiger partial charge on any atom is 0.291 e. The van der Waals surface area contributed by atoms with Gasteiger partial charge in [0.15, 0.2) is 12.4 Å². The second-order valence-electron chi connectivity index (χ2n) is 6.69. The molecule has 150 valence electrons. The molecule has 0 unspecified atom stereocenters. The van der Waals surface area contributed by atoms with Crippen LogP contribution in [0.2, 0.25) is 0 Å². The van der Waals surface area contributed by atoms with Crippen molar-refractivity contribution in [2.45, 2.75) is 26.3 Å². The third-order valence-electron chi connectivity index (χ3n) is 4.43. The van der Waals surface area contributed by atoms with Gasteiger partial charge in [-0.1, -0.05) is 42.8 Å². The van der Waals surface area contributed by atoms with Gasteiger partial charge < -0.3 is 19.8 Å². The van der Waals surface area contributed by atoms with Gasteiger partial charge >= 0.3 is 0 Å². The SMILES string of the molecule is CC[C@@H](NC(=O)COc1cccc(NC(=O)c2ccco2)c1)c1ccc(C)cc1. The summed E-state index contributed by atoms with van der Waals surface area (Å²) in [6, 6.07) is 18.1. The van der Waals surface area contributed by atoms with Crippen molar-refractivity contribution < 1.29 is 18.7 Å². The van der Waals surface area contributed by atoms with Crippen LogP contribution in [0.5, 0.6) is 5.75 Å². The van der Waals surface area contributed by atoms with Crippen molar-refractivity contribution in [3.8, 4) is 5.75 Å². The van der Waals surface area contributed by atoms with Crippen LogP contribution in [0.25, 0.3) is 0 Å². The van der Waals surface area contributed by atoms with Gasteiger partial charge in [-0.2, -0.15) is 0 Å². The van der Waals surface area contributed by atoms with Crippen LogP contribution in [0.3, 0.4) is 0 Å². The number of amides is 2. The molecule has 0 saturated heterocycles. The number of ether oxygens (including phenoxy) is 1. The summed E-state index contributed by atoms with van der Waals surface area (Å²) in [6.45, 7) is 3.94. The van der Waals surface area contributed by atoms with E-state index in [-0.39, 0.29) is 30.2 Å². The highest BCUT2D eigenvalue weighted by molar-refractivity contribution is 6.02. The molecule has 6 heteroatoms. The highest BCUT2D eigenvalue weighted by Gasteiger charge is 2.13. The Kier molecular flexibility index (Phi) is 6.68. The van der Waals surface area contributed by atoms with E-state index in [1.807, 2.05) is 38.1 Å². The minimum Gasteiger partial charge on any atom is -0.484 e. The number of carbonyl (C=O) groups excluding carboxylic acids is 2. The summed E-state index contributed by atoms with van der Waals surface area (Å²) in [7, 11) is 0. The Labute approximate surface area is 169 Å². The molecule has 1 heterocycles. The number of hydrogen-bond donors (Lipinski definition) is 2. The molecule has 3 rings (SSSR count). The van der Waals surface area contributed by atoms with Crippen LogP contribution in [-0.4, -0.2) is 18.4 Å². The average molecular weight is 392 g/mol. The van der Waals surface area contributed by atoms with E-state index in [0.717, 1.165) is 12.0 Å². The minimum absolute atomic E-state index is 0.0642. The Hall–Kier alpha value is -3.54. The van der Waals surface area contributed by atoms with Crippen molar-refractivity contribution in [3.63, 3.8) is 0 Å². The number of benzene rings is 2. The molecule has 2 amide bonds. The van der Waals surface area contributed by atoms with Gasteiger partial charge in [0.05, 0.1) is 12.3 Å². The average Bonchev–Trinajstić information content (AvgIpc) is 3.27. The fraction of sp³-hybridized carbons (Fsp3) is 0.217. The minimum atomic E-state index is -0.353. The maximum absolute atomic E-state index is 12.3. The maximum atomic E-state index is 12.3. The summed E-state index contributed by atoms with van der Waals surface area (Å²) in [6.07, 6.45) is 2.22. The van der Waals surface area contributed by atoms with E-state index in [1.165, 1.54) is 11.8 Å². The van der Waals surface area contributed by atoms with E-state index < -0.39 is 0 Å². The zero-order chi connectivity index (χ0) is 20.6. The molecular weight excluding hydrogens is 368 g/mol. The van der Waals surface area contributed by atoms with E-state index in [1.54, 1.807) is 36.4 Å². The van der Waals surface area contributed by atoms with Crippen LogP contribution in [0, 0.1) is 6.92 Å². The van der Waals surface area contributed by atoms with Gasteiger partial charge in [-0.05, 0) is 43.2 Å². The zero-order valence-corrected chi connectivity index (χ0v) is 16.5. The molecule has 0 aliphatic carbocycles. The third-order valence-corrected chi connectivity index (χ3v) is 4.43. The van der Waals surface area contributed by atoms with Crippen molar-refractivity contribution in [1.82, 2.24) is 5.32 Å². The second-order valence-corrected chi connectivity index (χ2v) is 6.69. The topological polar surface area (TPSA) is 80.6 Å². The molecule has 1 aromatic heterocycles. The fourth-order valence-electron chi connectivity index (χ4n) is 2.87. The number of furan rings is 1. The molecule has 2 N–H and O–H groups in total. The lowest BCUT2D eigenvalue weighted by atomic mass is 10.0. The molecule has 3 aromatic rings. The Morgan fingerprint density at radius 2 is 1.86 bits per heavy atom. The molecule has 0 bridgehead atoms. The summed E-state index contributed by atoms with van der Waals surface area (Å²) in [5.41, 5.74) is 2.79. The van der Waals surface area contributed by atoms with Crippen LogP contribution < -0.4 is 15.4 Å². The number of hydrogen-bond acceptors (Lipinski definition) is 4. The molecule has 0 fully saturated rings. The molecule has 1 atom stereocenters. The first-order chi connectivity index (χ1) is 14.0. The van der Waals surface area contributed by atoms with Crippen molar-refractivity contribution in [1.29, 1.82) is 0 Å². The number of nitrogens with one attached hydrogen (secondary N) is 2. The second kappa shape index (κ2) is 9.59. The van der Waals surface area contributed by atoms with Crippen molar-refractivity contribution in [2.24, 2.45) is 0 Å². The molecule has 6 nitrogen and oxygen atoms in total. The Morgan fingerprint density at radius 3 is 2.55 bits per heavy atom. The summed E-state index contributed by atoms with van der Waals surface area (Å²) >= 11 is 0. The first-order valence-electron chi connectivity index (χ1n) is 9.49. The normalized spacial score (nSPS) is 11.5. The predicted molar refractivity (Wildman–Crippen MR) is 111 cm³/mol. The van der Waals surface area contributed by atoms with Gasteiger partial charge in [0.2, 0.25) is 0 Å². The number of carbonyl (C=O) groups is 2. The third kappa shape index (κ3) is 5.72. The van der Waals surface area contributed by atoms with E-state index in [9.17, 15) is 9.59 Å². The summed E-state index contributed by atoms with van der Waals surface area (Å²) in [5, 5.41) is 5.72. The van der Waals surface area contributed by atoms with Gasteiger partial charge in [0, 0.05) is 11.8 Å². The lowest BCUT2D eigenvalue weighted by Gasteiger charge is -2.18. The van der Waals surface area contributed by atoms with Crippen molar-refractivity contribution in [3.05, 3.63) is 83.8 Å². The van der Waals surface area contributed by atoms with Crippen molar-refractivity contribution >= 4 is 17.5 Å². The molecule has 2 aromatic carbocycles. The molecule has 29 heavy (non-hydrogen) atoms. The van der Waals surface area contributed by atoms with Crippen LogP contribution in [0.1, 0.15) is 41.1 Å². The first kappa shape index (κ1) is 20.2. The van der Waals surface area contributed by atoms with Gasteiger partial charge in [0.1, 0.15) is 5.75 Å². The molecule has 0 aliphatic heterocycles. The van der Waals surface area contributed by atoms with Gasteiger partial charge in [-0.25, -0.2) is 0 Å². The van der Waals surface area contributed by atoms with E-state index in [2.05, 4.69) is 10.6 Å². The lowest BCUT2D eigenvalue weighted by molar-refractivity contribution is -0.123. The largest absolute Gasteiger partial charge is 0.484 e. The number of anilines is 1. The quantitative estimate of drug-likeness (QED) is 0.592. The Bertz CT molecular complexity index is 949. The highest BCUT2D eigenvalue weighted by atomic mass is 16.5. The van der Waals surface area contributed by atoms with E-state index in [4.69, 9.17) is 9.15 Å². The standard InChI is InChI=1S/C23H24N2O4/c1-3-20(17-11-9-16(2)10-12-17)25-22(26)15-29-19-7-4-6-18(14-19)24-23(27)21-8-5-13-28-21/h4-14,20H,3,15H2,1-2H3,(H,24,27)(H,25,26)/t20-/m1/s1. The summed E-state index contributed by atoms with van der Waals surface area (Å²) < 4.78 is 10.7. The zero-order valence-electron chi connectivity index (χ0n) is 16.5. The number of rotatable bonds is 8. The lowest BCUT2D eigenvalue weighted by Crippen LogP contribution is -2.32. The fourth-order valence-corrected chi connectivity index (χ4v) is 2.87. The first-order valence-corrected chi connectivity index (χ1v) is 9.49. The number of aryl methyl sites for hydroxylation is 1.